The molecule has 0 atom stereocenters. The van der Waals surface area contributed by atoms with Gasteiger partial charge in [0.05, 0.1) is 18.9 Å². The summed E-state index contributed by atoms with van der Waals surface area (Å²) in [6.07, 6.45) is 2.90. The summed E-state index contributed by atoms with van der Waals surface area (Å²) in [6, 6.07) is 14.5. The van der Waals surface area contributed by atoms with E-state index >= 15 is 0 Å². The van der Waals surface area contributed by atoms with E-state index in [1.165, 1.54) is 17.4 Å². The van der Waals surface area contributed by atoms with Crippen molar-refractivity contribution < 1.29 is 18.7 Å². The summed E-state index contributed by atoms with van der Waals surface area (Å²) >= 11 is 12.5. The monoisotopic (exact) mass is 499 g/mol. The summed E-state index contributed by atoms with van der Waals surface area (Å²) in [5, 5.41) is 6.80. The number of carbonyl (C=O) groups excluding carboxylic acids is 1. The number of rotatable bonds is 6. The molecule has 7 nitrogen and oxygen atoms in total. The van der Waals surface area contributed by atoms with Crippen LogP contribution in [0.3, 0.4) is 0 Å². The first-order chi connectivity index (χ1) is 15.9. The fourth-order valence-electron chi connectivity index (χ4n) is 2.95. The van der Waals surface area contributed by atoms with Gasteiger partial charge in [0.15, 0.2) is 10.2 Å². The highest BCUT2D eigenvalue weighted by atomic mass is 35.5. The number of hydrogen-bond acceptors (Lipinski definition) is 7. The average Bonchev–Trinajstić information content (AvgIpc) is 3.44. The van der Waals surface area contributed by atoms with Gasteiger partial charge in [-0.15, -0.1) is 0 Å². The molecule has 0 fully saturated rings. The minimum Gasteiger partial charge on any atom is -0.497 e. The number of amides is 1. The molecule has 0 bridgehead atoms. The fourth-order valence-corrected chi connectivity index (χ4v) is 4.26. The third-order valence-electron chi connectivity index (χ3n) is 4.50. The fraction of sp³-hybridized carbons (Fsp3) is 0.0870. The predicted molar refractivity (Wildman–Crippen MR) is 135 cm³/mol. The molecule has 0 unspecified atom stereocenters. The van der Waals surface area contributed by atoms with Gasteiger partial charge in [0.1, 0.15) is 28.5 Å². The Bertz CT molecular complexity index is 1350. The summed E-state index contributed by atoms with van der Waals surface area (Å²) in [5.41, 5.74) is 1.56. The number of thiocarbonyl (C=S) groups is 1. The Morgan fingerprint density at radius 2 is 1.94 bits per heavy atom. The molecule has 0 spiro atoms. The molecular formula is C23H18ClN3O4S2. The topological polar surface area (TPSA) is 85.6 Å². The second-order valence-corrected chi connectivity index (χ2v) is 8.56. The number of hydrogen-bond donors (Lipinski definition) is 2. The van der Waals surface area contributed by atoms with Crippen molar-refractivity contribution in [3.8, 4) is 22.8 Å². The van der Waals surface area contributed by atoms with Gasteiger partial charge in [0.25, 0.3) is 0 Å². The zero-order chi connectivity index (χ0) is 23.4. The van der Waals surface area contributed by atoms with E-state index in [1.54, 1.807) is 44.6 Å². The Labute approximate surface area is 204 Å². The van der Waals surface area contributed by atoms with Gasteiger partial charge in [-0.2, -0.15) is 0 Å². The largest absolute Gasteiger partial charge is 0.497 e. The average molecular weight is 500 g/mol. The number of nitrogens with one attached hydrogen (secondary N) is 2. The molecule has 0 aliphatic rings. The normalized spacial score (nSPS) is 11.0. The van der Waals surface area contributed by atoms with Crippen molar-refractivity contribution in [2.75, 3.05) is 19.5 Å². The Balaban J connectivity index is 1.37. The van der Waals surface area contributed by atoms with E-state index in [1.807, 2.05) is 24.3 Å². The third-order valence-corrected chi connectivity index (χ3v) is 5.87. The van der Waals surface area contributed by atoms with Crippen LogP contribution in [0.5, 0.6) is 11.5 Å². The lowest BCUT2D eigenvalue weighted by Gasteiger charge is -2.04. The molecule has 0 radical (unpaired) electrons. The summed E-state index contributed by atoms with van der Waals surface area (Å²) in [7, 11) is 3.15. The van der Waals surface area contributed by atoms with Crippen LogP contribution >= 0.6 is 35.2 Å². The minimum absolute atomic E-state index is 0.121. The lowest BCUT2D eigenvalue weighted by molar-refractivity contribution is -0.115. The van der Waals surface area contributed by atoms with E-state index in [0.29, 0.717) is 38.7 Å². The number of carbonyl (C=O) groups is 1. The van der Waals surface area contributed by atoms with Crippen molar-refractivity contribution >= 4 is 67.6 Å². The van der Waals surface area contributed by atoms with Gasteiger partial charge in [0, 0.05) is 22.7 Å². The van der Waals surface area contributed by atoms with Crippen LogP contribution < -0.4 is 20.1 Å². The molecule has 4 rings (SSSR count). The summed E-state index contributed by atoms with van der Waals surface area (Å²) in [6.45, 7) is 0. The summed E-state index contributed by atoms with van der Waals surface area (Å²) in [4.78, 5) is 16.7. The van der Waals surface area contributed by atoms with Crippen molar-refractivity contribution in [2.45, 2.75) is 0 Å². The van der Waals surface area contributed by atoms with E-state index in [-0.39, 0.29) is 5.11 Å². The number of aromatic nitrogens is 1. The molecule has 10 heteroatoms. The molecule has 33 heavy (non-hydrogen) atoms. The van der Waals surface area contributed by atoms with Gasteiger partial charge in [-0.05, 0) is 60.8 Å². The van der Waals surface area contributed by atoms with Crippen molar-refractivity contribution in [3.05, 3.63) is 65.4 Å². The van der Waals surface area contributed by atoms with Crippen LogP contribution in [-0.2, 0) is 4.79 Å². The zero-order valence-electron chi connectivity index (χ0n) is 17.5. The van der Waals surface area contributed by atoms with E-state index in [2.05, 4.69) is 15.6 Å². The van der Waals surface area contributed by atoms with E-state index in [0.717, 1.165) is 10.3 Å². The van der Waals surface area contributed by atoms with Crippen LogP contribution in [0.1, 0.15) is 5.76 Å². The molecule has 2 heterocycles. The number of fused-ring (bicyclic) bond motifs is 1. The van der Waals surface area contributed by atoms with Gasteiger partial charge in [0.2, 0.25) is 5.91 Å². The highest BCUT2D eigenvalue weighted by Gasteiger charge is 2.13. The Hall–Kier alpha value is -3.40. The van der Waals surface area contributed by atoms with Crippen molar-refractivity contribution in [1.29, 1.82) is 0 Å². The quantitative estimate of drug-likeness (QED) is 0.258. The number of methoxy groups -OCH3 is 2. The van der Waals surface area contributed by atoms with Crippen molar-refractivity contribution in [3.63, 3.8) is 0 Å². The second-order valence-electron chi connectivity index (χ2n) is 6.68. The van der Waals surface area contributed by atoms with Gasteiger partial charge in [-0.3, -0.25) is 10.1 Å². The predicted octanol–water partition coefficient (Wildman–Crippen LogP) is 5.75. The highest BCUT2D eigenvalue weighted by molar-refractivity contribution is 7.80. The van der Waals surface area contributed by atoms with Crippen LogP contribution in [0, 0.1) is 0 Å². The molecule has 2 N–H and O–H groups in total. The molecule has 4 aromatic rings. The molecule has 0 saturated carbocycles. The van der Waals surface area contributed by atoms with Crippen LogP contribution in [0.25, 0.3) is 27.6 Å². The van der Waals surface area contributed by atoms with E-state index < -0.39 is 5.91 Å². The van der Waals surface area contributed by atoms with Crippen molar-refractivity contribution in [2.24, 2.45) is 0 Å². The minimum atomic E-state index is -0.405. The van der Waals surface area contributed by atoms with Crippen LogP contribution in [0.15, 0.2) is 59.0 Å². The van der Waals surface area contributed by atoms with Crippen LogP contribution in [0.2, 0.25) is 5.02 Å². The van der Waals surface area contributed by atoms with Gasteiger partial charge < -0.3 is 19.2 Å². The third kappa shape index (κ3) is 5.51. The number of benzene rings is 2. The molecule has 0 aliphatic heterocycles. The lowest BCUT2D eigenvalue weighted by atomic mass is 10.2. The summed E-state index contributed by atoms with van der Waals surface area (Å²) < 4.78 is 17.3. The van der Waals surface area contributed by atoms with E-state index in [9.17, 15) is 4.79 Å². The van der Waals surface area contributed by atoms with Gasteiger partial charge >= 0.3 is 0 Å². The Morgan fingerprint density at radius 1 is 1.15 bits per heavy atom. The lowest BCUT2D eigenvalue weighted by Crippen LogP contribution is -2.32. The Morgan fingerprint density at radius 3 is 2.67 bits per heavy atom. The van der Waals surface area contributed by atoms with E-state index in [4.69, 9.17) is 37.7 Å². The van der Waals surface area contributed by atoms with Crippen LogP contribution in [0.4, 0.5) is 5.13 Å². The number of thiazole rings is 1. The summed E-state index contributed by atoms with van der Waals surface area (Å²) in [5.74, 6) is 2.04. The highest BCUT2D eigenvalue weighted by Crippen LogP contribution is 2.36. The van der Waals surface area contributed by atoms with Gasteiger partial charge in [-0.25, -0.2) is 4.98 Å². The second kappa shape index (κ2) is 10.0. The maximum Gasteiger partial charge on any atom is 0.250 e. The molecule has 1 amide bonds. The number of anilines is 1. The molecular weight excluding hydrogens is 482 g/mol. The first kappa shape index (κ1) is 22.8. The number of halogens is 1. The maximum atomic E-state index is 12.3. The smallest absolute Gasteiger partial charge is 0.250 e. The van der Waals surface area contributed by atoms with Crippen molar-refractivity contribution in [1.82, 2.24) is 10.3 Å². The first-order valence-corrected chi connectivity index (χ1v) is 11.2. The SMILES string of the molecule is COc1cc(OC)c2nc(NC(=S)NC(=O)C=Cc3ccc(-c4ccc(Cl)cc4)o3)sc2c1. The zero-order valence-corrected chi connectivity index (χ0v) is 19.9. The molecule has 2 aromatic heterocycles. The number of furan rings is 1. The molecule has 2 aromatic carbocycles. The van der Waals surface area contributed by atoms with Crippen LogP contribution in [-0.4, -0.2) is 30.2 Å². The number of nitrogens with zero attached hydrogens (tertiary/aromatic N) is 1. The molecule has 0 aliphatic carbocycles. The standard InChI is InChI=1S/C23H18ClN3O4S2/c1-29-16-11-18(30-2)21-19(12-16)33-23(26-21)27-22(32)25-20(28)10-8-15-7-9-17(31-15)13-3-5-14(24)6-4-13/h3-12H,1-2H3,(H2,25,26,27,28,32). The molecule has 0 saturated heterocycles. The number of ether oxygens (including phenoxy) is 2. The Kier molecular flexibility index (Phi) is 6.93. The van der Waals surface area contributed by atoms with Gasteiger partial charge in [-0.1, -0.05) is 22.9 Å². The maximum absolute atomic E-state index is 12.3. The molecule has 168 valence electrons. The first-order valence-electron chi connectivity index (χ1n) is 9.63.